The van der Waals surface area contributed by atoms with Gasteiger partial charge in [-0.3, -0.25) is 4.90 Å². The third kappa shape index (κ3) is 3.38. The van der Waals surface area contributed by atoms with Gasteiger partial charge in [-0.2, -0.15) is 0 Å². The molecular formula is C18H23ClN2. The molecule has 1 fully saturated rings. The number of piperidine rings is 1. The van der Waals surface area contributed by atoms with Gasteiger partial charge in [-0.25, -0.2) is 4.98 Å². The SMILES string of the molecule is CCCC1CCCCN1Cc1cc2ccccc2nc1Cl. The van der Waals surface area contributed by atoms with Crippen LogP contribution in [0.5, 0.6) is 0 Å². The van der Waals surface area contributed by atoms with Gasteiger partial charge in [0.25, 0.3) is 0 Å². The van der Waals surface area contributed by atoms with E-state index in [-0.39, 0.29) is 0 Å². The Bertz CT molecular complexity index is 609. The van der Waals surface area contributed by atoms with E-state index >= 15 is 0 Å². The molecule has 1 aliphatic rings. The van der Waals surface area contributed by atoms with E-state index < -0.39 is 0 Å². The first-order valence-electron chi connectivity index (χ1n) is 8.06. The number of nitrogens with zero attached hydrogens (tertiary/aromatic N) is 2. The van der Waals surface area contributed by atoms with E-state index in [9.17, 15) is 0 Å². The van der Waals surface area contributed by atoms with Gasteiger partial charge in [-0.1, -0.05) is 49.6 Å². The molecule has 3 heteroatoms. The number of hydrogen-bond acceptors (Lipinski definition) is 2. The van der Waals surface area contributed by atoms with E-state index in [0.29, 0.717) is 11.2 Å². The lowest BCUT2D eigenvalue weighted by molar-refractivity contribution is 0.131. The van der Waals surface area contributed by atoms with Gasteiger partial charge in [-0.15, -0.1) is 0 Å². The zero-order valence-electron chi connectivity index (χ0n) is 12.7. The highest BCUT2D eigenvalue weighted by Crippen LogP contribution is 2.26. The number of pyridine rings is 1. The maximum atomic E-state index is 6.41. The monoisotopic (exact) mass is 302 g/mol. The molecule has 1 aromatic heterocycles. The van der Waals surface area contributed by atoms with Crippen molar-refractivity contribution in [2.75, 3.05) is 6.54 Å². The van der Waals surface area contributed by atoms with Gasteiger partial charge in [0.15, 0.2) is 0 Å². The van der Waals surface area contributed by atoms with Gasteiger partial charge in [0, 0.05) is 23.5 Å². The van der Waals surface area contributed by atoms with Crippen molar-refractivity contribution in [2.45, 2.75) is 51.6 Å². The van der Waals surface area contributed by atoms with Gasteiger partial charge in [0.05, 0.1) is 5.52 Å². The summed E-state index contributed by atoms with van der Waals surface area (Å²) < 4.78 is 0. The molecule has 3 rings (SSSR count). The lowest BCUT2D eigenvalue weighted by atomic mass is 9.97. The van der Waals surface area contributed by atoms with Gasteiger partial charge in [-0.05, 0) is 37.9 Å². The van der Waals surface area contributed by atoms with Crippen molar-refractivity contribution >= 4 is 22.5 Å². The highest BCUT2D eigenvalue weighted by molar-refractivity contribution is 6.30. The largest absolute Gasteiger partial charge is 0.296 e. The molecule has 1 atom stereocenters. The highest BCUT2D eigenvalue weighted by atomic mass is 35.5. The van der Waals surface area contributed by atoms with Gasteiger partial charge >= 0.3 is 0 Å². The van der Waals surface area contributed by atoms with Crippen molar-refractivity contribution in [3.8, 4) is 0 Å². The van der Waals surface area contributed by atoms with Gasteiger partial charge in [0.2, 0.25) is 0 Å². The zero-order valence-corrected chi connectivity index (χ0v) is 13.4. The molecule has 0 radical (unpaired) electrons. The summed E-state index contributed by atoms with van der Waals surface area (Å²) in [6.07, 6.45) is 6.54. The molecule has 112 valence electrons. The van der Waals surface area contributed by atoms with E-state index in [2.05, 4.69) is 35.0 Å². The Kier molecular flexibility index (Phi) is 4.77. The average Bonchev–Trinajstić information content (AvgIpc) is 2.50. The van der Waals surface area contributed by atoms with Crippen LogP contribution in [-0.2, 0) is 6.54 Å². The Labute approximate surface area is 132 Å². The van der Waals surface area contributed by atoms with Crippen molar-refractivity contribution in [1.82, 2.24) is 9.88 Å². The fourth-order valence-electron chi connectivity index (χ4n) is 3.39. The molecule has 0 bridgehead atoms. The van der Waals surface area contributed by atoms with Crippen LogP contribution in [0, 0.1) is 0 Å². The van der Waals surface area contributed by atoms with E-state index in [4.69, 9.17) is 11.6 Å². The number of hydrogen-bond donors (Lipinski definition) is 0. The first kappa shape index (κ1) is 14.8. The molecule has 2 nitrogen and oxygen atoms in total. The molecule has 1 aliphatic heterocycles. The van der Waals surface area contributed by atoms with Crippen molar-refractivity contribution in [3.05, 3.63) is 41.0 Å². The first-order chi connectivity index (χ1) is 10.3. The number of halogens is 1. The normalized spacial score (nSPS) is 20.0. The maximum Gasteiger partial charge on any atom is 0.134 e. The topological polar surface area (TPSA) is 16.1 Å². The molecule has 0 saturated carbocycles. The van der Waals surface area contributed by atoms with Crippen molar-refractivity contribution in [1.29, 1.82) is 0 Å². The molecule has 2 heterocycles. The third-order valence-corrected chi connectivity index (χ3v) is 4.82. The lowest BCUT2D eigenvalue weighted by Gasteiger charge is -2.35. The second kappa shape index (κ2) is 6.76. The predicted molar refractivity (Wildman–Crippen MR) is 89.7 cm³/mol. The summed E-state index contributed by atoms with van der Waals surface area (Å²) in [4.78, 5) is 7.15. The highest BCUT2D eigenvalue weighted by Gasteiger charge is 2.22. The number of likely N-dealkylation sites (tertiary alicyclic amines) is 1. The number of benzene rings is 1. The molecule has 0 N–H and O–H groups in total. The Morgan fingerprint density at radius 1 is 1.29 bits per heavy atom. The molecule has 1 saturated heterocycles. The molecule has 0 spiro atoms. The molecule has 2 aromatic rings. The quantitative estimate of drug-likeness (QED) is 0.735. The zero-order chi connectivity index (χ0) is 14.7. The Hall–Kier alpha value is -1.12. The first-order valence-corrected chi connectivity index (χ1v) is 8.44. The Morgan fingerprint density at radius 2 is 2.14 bits per heavy atom. The number of para-hydroxylation sites is 1. The van der Waals surface area contributed by atoms with Crippen LogP contribution >= 0.6 is 11.6 Å². The third-order valence-electron chi connectivity index (χ3n) is 4.49. The van der Waals surface area contributed by atoms with E-state index in [1.54, 1.807) is 0 Å². The smallest absolute Gasteiger partial charge is 0.134 e. The maximum absolute atomic E-state index is 6.41. The minimum atomic E-state index is 0.662. The van der Waals surface area contributed by atoms with Gasteiger partial charge < -0.3 is 0 Å². The summed E-state index contributed by atoms with van der Waals surface area (Å²) in [5, 5.41) is 1.84. The predicted octanol–water partition coefficient (Wildman–Crippen LogP) is 5.04. The van der Waals surface area contributed by atoms with E-state index in [0.717, 1.165) is 12.1 Å². The van der Waals surface area contributed by atoms with Crippen LogP contribution in [0.15, 0.2) is 30.3 Å². The van der Waals surface area contributed by atoms with Crippen LogP contribution in [0.3, 0.4) is 0 Å². The fourth-order valence-corrected chi connectivity index (χ4v) is 3.60. The van der Waals surface area contributed by atoms with Crippen LogP contribution in [0.25, 0.3) is 10.9 Å². The van der Waals surface area contributed by atoms with Crippen molar-refractivity contribution in [2.24, 2.45) is 0 Å². The number of fused-ring (bicyclic) bond motifs is 1. The minimum absolute atomic E-state index is 0.662. The molecule has 1 aromatic carbocycles. The summed E-state index contributed by atoms with van der Waals surface area (Å²) >= 11 is 6.41. The van der Waals surface area contributed by atoms with Crippen LogP contribution in [0.2, 0.25) is 5.15 Å². The molecule has 21 heavy (non-hydrogen) atoms. The second-order valence-electron chi connectivity index (χ2n) is 6.04. The Morgan fingerprint density at radius 3 is 3.00 bits per heavy atom. The summed E-state index contributed by atoms with van der Waals surface area (Å²) in [5.74, 6) is 0. The van der Waals surface area contributed by atoms with Crippen molar-refractivity contribution in [3.63, 3.8) is 0 Å². The summed E-state index contributed by atoms with van der Waals surface area (Å²) in [6.45, 7) is 4.40. The molecule has 0 amide bonds. The van der Waals surface area contributed by atoms with Crippen LogP contribution < -0.4 is 0 Å². The van der Waals surface area contributed by atoms with E-state index in [1.807, 2.05) is 12.1 Å². The fraction of sp³-hybridized carbons (Fsp3) is 0.500. The number of rotatable bonds is 4. The molecule has 0 aliphatic carbocycles. The standard InChI is InChI=1S/C18H23ClN2/c1-2-7-16-9-5-6-11-21(16)13-15-12-14-8-3-4-10-17(14)20-18(15)19/h3-4,8,10,12,16H,2,5-7,9,11,13H2,1H3. The summed E-state index contributed by atoms with van der Waals surface area (Å²) in [7, 11) is 0. The minimum Gasteiger partial charge on any atom is -0.296 e. The Balaban J connectivity index is 1.84. The summed E-state index contributed by atoms with van der Waals surface area (Å²) in [5.41, 5.74) is 2.15. The van der Waals surface area contributed by atoms with Crippen molar-refractivity contribution < 1.29 is 0 Å². The molecular weight excluding hydrogens is 280 g/mol. The van der Waals surface area contributed by atoms with Crippen LogP contribution in [0.1, 0.15) is 44.6 Å². The van der Waals surface area contributed by atoms with Crippen LogP contribution in [0.4, 0.5) is 0 Å². The average molecular weight is 303 g/mol. The summed E-state index contributed by atoms with van der Waals surface area (Å²) in [6, 6.07) is 11.1. The second-order valence-corrected chi connectivity index (χ2v) is 6.40. The lowest BCUT2D eigenvalue weighted by Crippen LogP contribution is -2.38. The van der Waals surface area contributed by atoms with Gasteiger partial charge in [0.1, 0.15) is 5.15 Å². The van der Waals surface area contributed by atoms with Crippen LogP contribution in [-0.4, -0.2) is 22.5 Å². The number of aromatic nitrogens is 1. The van der Waals surface area contributed by atoms with E-state index in [1.165, 1.54) is 49.6 Å². The molecule has 1 unspecified atom stereocenters.